The molecule has 0 aliphatic rings. The van der Waals surface area contributed by atoms with E-state index >= 15 is 0 Å². The van der Waals surface area contributed by atoms with Gasteiger partial charge in [-0.25, -0.2) is 4.98 Å². The van der Waals surface area contributed by atoms with E-state index in [1.807, 2.05) is 36.4 Å². The van der Waals surface area contributed by atoms with Crippen LogP contribution in [0.1, 0.15) is 5.56 Å². The van der Waals surface area contributed by atoms with E-state index in [1.54, 1.807) is 18.2 Å². The molecule has 0 bridgehead atoms. The van der Waals surface area contributed by atoms with Crippen molar-refractivity contribution >= 4 is 17.4 Å². The number of nitriles is 1. The molecule has 0 aliphatic carbocycles. The summed E-state index contributed by atoms with van der Waals surface area (Å²) in [6.07, 6.45) is 1.76. The molecule has 0 aliphatic heterocycles. The van der Waals surface area contributed by atoms with Crippen molar-refractivity contribution in [2.24, 2.45) is 0 Å². The zero-order chi connectivity index (χ0) is 19.2. The lowest BCUT2D eigenvalue weighted by Gasteiger charge is -2.12. The number of nitro benzene ring substituents is 1. The summed E-state index contributed by atoms with van der Waals surface area (Å²) in [6, 6.07) is 20.0. The van der Waals surface area contributed by atoms with Crippen LogP contribution in [0.2, 0.25) is 0 Å². The normalized spacial score (nSPS) is 10.2. The summed E-state index contributed by atoms with van der Waals surface area (Å²) in [5.41, 5.74) is 3.58. The summed E-state index contributed by atoms with van der Waals surface area (Å²) < 4.78 is 0. The first-order chi connectivity index (χ1) is 13.1. The Hall–Kier alpha value is -3.43. The molecular formula is C21H15N3O2S. The van der Waals surface area contributed by atoms with E-state index in [2.05, 4.69) is 17.6 Å². The van der Waals surface area contributed by atoms with Crippen LogP contribution in [0.25, 0.3) is 22.4 Å². The molecule has 0 radical (unpaired) electrons. The molecule has 6 heteroatoms. The molecular weight excluding hydrogens is 358 g/mol. The number of nitrogens with zero attached hydrogens (tertiary/aromatic N) is 3. The third kappa shape index (κ3) is 4.05. The van der Waals surface area contributed by atoms with Gasteiger partial charge in [-0.15, -0.1) is 18.3 Å². The summed E-state index contributed by atoms with van der Waals surface area (Å²) in [6.45, 7) is 3.72. The molecule has 3 rings (SSSR count). The lowest BCUT2D eigenvalue weighted by molar-refractivity contribution is -0.384. The molecule has 2 aromatic carbocycles. The van der Waals surface area contributed by atoms with Gasteiger partial charge in [0, 0.05) is 29.0 Å². The maximum atomic E-state index is 10.9. The van der Waals surface area contributed by atoms with Crippen LogP contribution in [0.5, 0.6) is 0 Å². The van der Waals surface area contributed by atoms with Gasteiger partial charge in [0.15, 0.2) is 0 Å². The first-order valence-electron chi connectivity index (χ1n) is 8.13. The van der Waals surface area contributed by atoms with Gasteiger partial charge >= 0.3 is 0 Å². The van der Waals surface area contributed by atoms with Crippen LogP contribution in [-0.2, 0) is 0 Å². The Labute approximate surface area is 161 Å². The van der Waals surface area contributed by atoms with E-state index in [-0.39, 0.29) is 5.69 Å². The van der Waals surface area contributed by atoms with Gasteiger partial charge in [0.2, 0.25) is 0 Å². The van der Waals surface area contributed by atoms with Crippen LogP contribution in [0.4, 0.5) is 5.69 Å². The van der Waals surface area contributed by atoms with Gasteiger partial charge in [0.05, 0.1) is 16.2 Å². The fourth-order valence-corrected chi connectivity index (χ4v) is 3.36. The van der Waals surface area contributed by atoms with Crippen molar-refractivity contribution in [1.29, 1.82) is 5.26 Å². The predicted molar refractivity (Wildman–Crippen MR) is 107 cm³/mol. The maximum absolute atomic E-state index is 10.9. The Morgan fingerprint density at radius 1 is 1.15 bits per heavy atom. The molecule has 1 heterocycles. The van der Waals surface area contributed by atoms with Crippen LogP contribution in [0.3, 0.4) is 0 Å². The monoisotopic (exact) mass is 373 g/mol. The maximum Gasteiger partial charge on any atom is 0.269 e. The molecule has 0 saturated carbocycles. The summed E-state index contributed by atoms with van der Waals surface area (Å²) in [5, 5.41) is 21.3. The highest BCUT2D eigenvalue weighted by molar-refractivity contribution is 7.99. The topological polar surface area (TPSA) is 79.8 Å². The Morgan fingerprint density at radius 3 is 2.44 bits per heavy atom. The van der Waals surface area contributed by atoms with Crippen molar-refractivity contribution in [1.82, 2.24) is 4.98 Å². The largest absolute Gasteiger partial charge is 0.269 e. The number of aromatic nitrogens is 1. The van der Waals surface area contributed by atoms with Crippen molar-refractivity contribution in [3.8, 4) is 28.5 Å². The number of pyridine rings is 1. The van der Waals surface area contributed by atoms with E-state index in [0.717, 1.165) is 16.8 Å². The molecule has 0 spiro atoms. The number of nitro groups is 1. The van der Waals surface area contributed by atoms with Gasteiger partial charge in [-0.3, -0.25) is 10.1 Å². The van der Waals surface area contributed by atoms with Crippen molar-refractivity contribution < 1.29 is 4.92 Å². The SMILES string of the molecule is C=CCSc1nc(-c2ccccc2)cc(-c2ccc([N+](=O)[O-])cc2)c1C#N. The Balaban J connectivity index is 2.19. The van der Waals surface area contributed by atoms with E-state index < -0.39 is 4.92 Å². The van der Waals surface area contributed by atoms with Crippen molar-refractivity contribution in [3.05, 3.63) is 89.0 Å². The summed E-state index contributed by atoms with van der Waals surface area (Å²) in [5.74, 6) is 0.625. The highest BCUT2D eigenvalue weighted by Gasteiger charge is 2.16. The molecule has 0 amide bonds. The smallest absolute Gasteiger partial charge is 0.258 e. The van der Waals surface area contributed by atoms with Gasteiger partial charge in [0.1, 0.15) is 11.1 Å². The van der Waals surface area contributed by atoms with Gasteiger partial charge in [-0.1, -0.05) is 36.4 Å². The second-order valence-corrected chi connectivity index (χ2v) is 6.63. The lowest BCUT2D eigenvalue weighted by Crippen LogP contribution is -1.96. The van der Waals surface area contributed by atoms with Crippen LogP contribution in [0.15, 0.2) is 78.3 Å². The van der Waals surface area contributed by atoms with Crippen molar-refractivity contribution in [2.45, 2.75) is 5.03 Å². The Kier molecular flexibility index (Phi) is 5.64. The van der Waals surface area contributed by atoms with E-state index in [9.17, 15) is 15.4 Å². The predicted octanol–water partition coefficient (Wildman–Crippen LogP) is 5.47. The van der Waals surface area contributed by atoms with Crippen LogP contribution < -0.4 is 0 Å². The summed E-state index contributed by atoms with van der Waals surface area (Å²) >= 11 is 1.44. The van der Waals surface area contributed by atoms with Gasteiger partial charge in [0.25, 0.3) is 5.69 Å². The summed E-state index contributed by atoms with van der Waals surface area (Å²) in [4.78, 5) is 15.1. The zero-order valence-corrected chi connectivity index (χ0v) is 15.1. The molecule has 27 heavy (non-hydrogen) atoms. The fourth-order valence-electron chi connectivity index (χ4n) is 2.62. The minimum atomic E-state index is -0.442. The number of non-ortho nitro benzene ring substituents is 1. The second-order valence-electron chi connectivity index (χ2n) is 5.62. The third-order valence-corrected chi connectivity index (χ3v) is 4.87. The minimum Gasteiger partial charge on any atom is -0.258 e. The number of hydrogen-bond donors (Lipinski definition) is 0. The van der Waals surface area contributed by atoms with Crippen LogP contribution in [-0.4, -0.2) is 15.7 Å². The molecule has 0 N–H and O–H groups in total. The van der Waals surface area contributed by atoms with Gasteiger partial charge in [-0.05, 0) is 23.8 Å². The Bertz CT molecular complexity index is 1030. The minimum absolute atomic E-state index is 0.0100. The number of benzene rings is 2. The Morgan fingerprint density at radius 2 is 1.85 bits per heavy atom. The fraction of sp³-hybridized carbons (Fsp3) is 0.0476. The lowest BCUT2D eigenvalue weighted by atomic mass is 9.99. The number of rotatable bonds is 6. The van der Waals surface area contributed by atoms with E-state index in [4.69, 9.17) is 0 Å². The van der Waals surface area contributed by atoms with Gasteiger partial charge in [-0.2, -0.15) is 5.26 Å². The van der Waals surface area contributed by atoms with E-state index in [1.165, 1.54) is 23.9 Å². The van der Waals surface area contributed by atoms with Crippen LogP contribution >= 0.6 is 11.8 Å². The molecule has 0 saturated heterocycles. The molecule has 5 nitrogen and oxygen atoms in total. The highest BCUT2D eigenvalue weighted by atomic mass is 32.2. The molecule has 132 valence electrons. The van der Waals surface area contributed by atoms with Gasteiger partial charge < -0.3 is 0 Å². The van der Waals surface area contributed by atoms with E-state index in [0.29, 0.717) is 21.9 Å². The molecule has 0 fully saturated rings. The van der Waals surface area contributed by atoms with Crippen molar-refractivity contribution in [3.63, 3.8) is 0 Å². The third-order valence-electron chi connectivity index (χ3n) is 3.89. The number of thioether (sulfide) groups is 1. The highest BCUT2D eigenvalue weighted by Crippen LogP contribution is 2.34. The van der Waals surface area contributed by atoms with Crippen molar-refractivity contribution in [2.75, 3.05) is 5.75 Å². The average Bonchev–Trinajstić information content (AvgIpc) is 2.72. The molecule has 0 atom stereocenters. The zero-order valence-electron chi connectivity index (χ0n) is 14.3. The average molecular weight is 373 g/mol. The first kappa shape index (κ1) is 18.4. The molecule has 1 aromatic heterocycles. The standard InChI is InChI=1S/C21H15N3O2S/c1-2-12-27-21-19(14-22)18(15-8-10-17(11-9-15)24(25)26)13-20(23-21)16-6-4-3-5-7-16/h2-11,13H,1,12H2. The number of hydrogen-bond acceptors (Lipinski definition) is 5. The molecule has 0 unspecified atom stereocenters. The summed E-state index contributed by atoms with van der Waals surface area (Å²) in [7, 11) is 0. The molecule has 3 aromatic rings. The quantitative estimate of drug-likeness (QED) is 0.248. The second kappa shape index (κ2) is 8.30. The van der Waals surface area contributed by atoms with Crippen LogP contribution in [0, 0.1) is 21.4 Å². The first-order valence-corrected chi connectivity index (χ1v) is 9.11.